The summed E-state index contributed by atoms with van der Waals surface area (Å²) in [5.41, 5.74) is 0.284. The van der Waals surface area contributed by atoms with Crippen LogP contribution in [0.25, 0.3) is 0 Å². The highest BCUT2D eigenvalue weighted by Gasteiger charge is 2.18. The van der Waals surface area contributed by atoms with Gasteiger partial charge in [0.15, 0.2) is 0 Å². The molecule has 88 valence electrons. The molecule has 0 radical (unpaired) electrons. The van der Waals surface area contributed by atoms with Crippen molar-refractivity contribution in [1.82, 2.24) is 10.3 Å². The molecular formula is C10H14N2O4. The zero-order chi connectivity index (χ0) is 12.1. The minimum absolute atomic E-state index is 0.0981. The number of pyridine rings is 1. The van der Waals surface area contributed by atoms with E-state index in [-0.39, 0.29) is 12.2 Å². The van der Waals surface area contributed by atoms with Gasteiger partial charge in [0, 0.05) is 18.3 Å². The Hall–Kier alpha value is -1.50. The predicted octanol–water partition coefficient (Wildman–Crippen LogP) is -0.607. The molecule has 0 spiro atoms. The smallest absolute Gasteiger partial charge is 0.354 e. The summed E-state index contributed by atoms with van der Waals surface area (Å²) in [4.78, 5) is 14.2. The first-order valence-electron chi connectivity index (χ1n) is 4.76. The van der Waals surface area contributed by atoms with E-state index in [9.17, 15) is 15.0 Å². The van der Waals surface area contributed by atoms with Crippen molar-refractivity contribution in [3.05, 3.63) is 29.6 Å². The second kappa shape index (κ2) is 5.55. The van der Waals surface area contributed by atoms with Crippen LogP contribution < -0.4 is 5.32 Å². The molecule has 0 bridgehead atoms. The van der Waals surface area contributed by atoms with Gasteiger partial charge in [0.05, 0.1) is 6.10 Å². The van der Waals surface area contributed by atoms with E-state index >= 15 is 0 Å². The maximum atomic E-state index is 10.5. The number of aromatic carboxylic acids is 1. The Morgan fingerprint density at radius 2 is 2.19 bits per heavy atom. The molecule has 0 aromatic carbocycles. The predicted molar refractivity (Wildman–Crippen MR) is 56.1 cm³/mol. The normalized spacial score (nSPS) is 14.4. The standard InChI is InChI=1S/C10H14N2O4/c1-11-5-8(13)9(14)6-2-3-7(10(15)16)12-4-6/h2-4,8-9,11,13-14H,5H2,1H3,(H,15,16). The van der Waals surface area contributed by atoms with Gasteiger partial charge in [-0.3, -0.25) is 0 Å². The number of aliphatic hydroxyl groups excluding tert-OH is 2. The van der Waals surface area contributed by atoms with Crippen molar-refractivity contribution in [2.75, 3.05) is 13.6 Å². The van der Waals surface area contributed by atoms with Gasteiger partial charge < -0.3 is 20.6 Å². The van der Waals surface area contributed by atoms with Crippen molar-refractivity contribution >= 4 is 5.97 Å². The van der Waals surface area contributed by atoms with Crippen LogP contribution in [0.15, 0.2) is 18.3 Å². The zero-order valence-corrected chi connectivity index (χ0v) is 8.79. The van der Waals surface area contributed by atoms with E-state index in [0.717, 1.165) is 0 Å². The maximum absolute atomic E-state index is 10.5. The average molecular weight is 226 g/mol. The summed E-state index contributed by atoms with van der Waals surface area (Å²) in [5.74, 6) is -1.13. The van der Waals surface area contributed by atoms with Crippen LogP contribution in [-0.2, 0) is 0 Å². The Morgan fingerprint density at radius 3 is 2.62 bits per heavy atom. The second-order valence-electron chi connectivity index (χ2n) is 3.35. The van der Waals surface area contributed by atoms with Gasteiger partial charge in [-0.25, -0.2) is 9.78 Å². The Labute approximate surface area is 92.6 Å². The van der Waals surface area contributed by atoms with Crippen molar-refractivity contribution in [2.45, 2.75) is 12.2 Å². The number of rotatable bonds is 5. The van der Waals surface area contributed by atoms with Crippen LogP contribution in [0.1, 0.15) is 22.2 Å². The van der Waals surface area contributed by atoms with Crippen LogP contribution in [0.5, 0.6) is 0 Å². The summed E-state index contributed by atoms with van der Waals surface area (Å²) in [6.45, 7) is 0.238. The van der Waals surface area contributed by atoms with Crippen LogP contribution in [-0.4, -0.2) is 46.0 Å². The summed E-state index contributed by atoms with van der Waals surface area (Å²) in [6, 6.07) is 2.72. The first-order chi connectivity index (χ1) is 7.56. The molecule has 2 unspecified atom stereocenters. The lowest BCUT2D eigenvalue weighted by Crippen LogP contribution is -2.29. The largest absolute Gasteiger partial charge is 0.477 e. The molecule has 0 aliphatic carbocycles. The average Bonchev–Trinajstić information content (AvgIpc) is 2.28. The molecule has 0 fully saturated rings. The first kappa shape index (κ1) is 12.6. The maximum Gasteiger partial charge on any atom is 0.354 e. The molecule has 0 amide bonds. The highest BCUT2D eigenvalue weighted by Crippen LogP contribution is 2.15. The molecule has 0 saturated heterocycles. The molecule has 1 aromatic heterocycles. The van der Waals surface area contributed by atoms with E-state index in [1.54, 1.807) is 7.05 Å². The number of carbonyl (C=O) groups is 1. The Balaban J connectivity index is 2.77. The van der Waals surface area contributed by atoms with Gasteiger partial charge in [0.1, 0.15) is 11.8 Å². The number of aliphatic hydroxyl groups is 2. The number of aromatic nitrogens is 1. The third-order valence-corrected chi connectivity index (χ3v) is 2.12. The minimum atomic E-state index is -1.13. The molecule has 2 atom stereocenters. The third kappa shape index (κ3) is 2.99. The monoisotopic (exact) mass is 226 g/mol. The highest BCUT2D eigenvalue weighted by atomic mass is 16.4. The molecule has 0 aliphatic heterocycles. The quantitative estimate of drug-likeness (QED) is 0.534. The SMILES string of the molecule is CNCC(O)C(O)c1ccc(C(=O)O)nc1. The lowest BCUT2D eigenvalue weighted by Gasteiger charge is -2.17. The summed E-state index contributed by atoms with van der Waals surface area (Å²) in [6.07, 6.45) is -0.794. The van der Waals surface area contributed by atoms with E-state index in [1.807, 2.05) is 0 Å². The second-order valence-corrected chi connectivity index (χ2v) is 3.35. The summed E-state index contributed by atoms with van der Waals surface area (Å²) in [7, 11) is 1.65. The Morgan fingerprint density at radius 1 is 1.50 bits per heavy atom. The summed E-state index contributed by atoms with van der Waals surface area (Å²) >= 11 is 0. The fourth-order valence-electron chi connectivity index (χ4n) is 1.25. The van der Waals surface area contributed by atoms with Crippen LogP contribution in [0.4, 0.5) is 0 Å². The van der Waals surface area contributed by atoms with Crippen molar-refractivity contribution in [3.8, 4) is 0 Å². The number of hydrogen-bond acceptors (Lipinski definition) is 5. The number of carboxylic acids is 1. The molecule has 16 heavy (non-hydrogen) atoms. The van der Waals surface area contributed by atoms with E-state index in [4.69, 9.17) is 5.11 Å². The van der Waals surface area contributed by atoms with Gasteiger partial charge in [-0.2, -0.15) is 0 Å². The molecule has 1 aromatic rings. The molecule has 1 heterocycles. The van der Waals surface area contributed by atoms with E-state index in [2.05, 4.69) is 10.3 Å². The molecule has 1 rings (SSSR count). The molecule has 6 nitrogen and oxygen atoms in total. The van der Waals surface area contributed by atoms with E-state index in [1.165, 1.54) is 18.3 Å². The van der Waals surface area contributed by atoms with Gasteiger partial charge in [-0.05, 0) is 13.1 Å². The molecule has 6 heteroatoms. The highest BCUT2D eigenvalue weighted by molar-refractivity contribution is 5.85. The Kier molecular flexibility index (Phi) is 4.36. The fraction of sp³-hybridized carbons (Fsp3) is 0.400. The van der Waals surface area contributed by atoms with Crippen molar-refractivity contribution < 1.29 is 20.1 Å². The van der Waals surface area contributed by atoms with Crippen LogP contribution in [0.2, 0.25) is 0 Å². The molecular weight excluding hydrogens is 212 g/mol. The number of nitrogens with zero attached hydrogens (tertiary/aromatic N) is 1. The minimum Gasteiger partial charge on any atom is -0.477 e. The van der Waals surface area contributed by atoms with Gasteiger partial charge >= 0.3 is 5.97 Å². The molecule has 0 saturated carbocycles. The van der Waals surface area contributed by atoms with E-state index in [0.29, 0.717) is 5.56 Å². The third-order valence-electron chi connectivity index (χ3n) is 2.12. The molecule has 4 N–H and O–H groups in total. The van der Waals surface area contributed by atoms with Gasteiger partial charge in [-0.1, -0.05) is 6.07 Å². The van der Waals surface area contributed by atoms with Crippen molar-refractivity contribution in [1.29, 1.82) is 0 Å². The van der Waals surface area contributed by atoms with Gasteiger partial charge in [0.2, 0.25) is 0 Å². The number of hydrogen-bond donors (Lipinski definition) is 4. The van der Waals surface area contributed by atoms with Crippen LogP contribution >= 0.6 is 0 Å². The van der Waals surface area contributed by atoms with Crippen LogP contribution in [0.3, 0.4) is 0 Å². The van der Waals surface area contributed by atoms with Gasteiger partial charge in [-0.15, -0.1) is 0 Å². The van der Waals surface area contributed by atoms with Crippen molar-refractivity contribution in [2.24, 2.45) is 0 Å². The molecule has 0 aliphatic rings. The Bertz CT molecular complexity index is 352. The first-order valence-corrected chi connectivity index (χ1v) is 4.76. The van der Waals surface area contributed by atoms with E-state index < -0.39 is 18.2 Å². The number of carboxylic acid groups (broad SMARTS) is 1. The van der Waals surface area contributed by atoms with Crippen molar-refractivity contribution in [3.63, 3.8) is 0 Å². The number of likely N-dealkylation sites (N-methyl/N-ethyl adjacent to an activating group) is 1. The fourth-order valence-corrected chi connectivity index (χ4v) is 1.25. The summed E-state index contributed by atoms with van der Waals surface area (Å²) < 4.78 is 0. The summed E-state index contributed by atoms with van der Waals surface area (Å²) in [5, 5.41) is 30.5. The number of nitrogens with one attached hydrogen (secondary N) is 1. The zero-order valence-electron chi connectivity index (χ0n) is 8.79. The lowest BCUT2D eigenvalue weighted by atomic mass is 10.1. The lowest BCUT2D eigenvalue weighted by molar-refractivity contribution is 0.0200. The van der Waals surface area contributed by atoms with Gasteiger partial charge in [0.25, 0.3) is 0 Å². The van der Waals surface area contributed by atoms with Crippen LogP contribution in [0, 0.1) is 0 Å². The topological polar surface area (TPSA) is 103 Å².